The van der Waals surface area contributed by atoms with E-state index in [0.717, 1.165) is 44.8 Å². The Kier molecular flexibility index (Phi) is 5.26. The molecule has 2 aliphatic rings. The molecule has 2 rings (SSSR count). The maximum absolute atomic E-state index is 12.8. The minimum absolute atomic E-state index is 0.0990. The van der Waals surface area contributed by atoms with E-state index in [-0.39, 0.29) is 5.41 Å². The summed E-state index contributed by atoms with van der Waals surface area (Å²) in [7, 11) is 2.02. The molecule has 1 N–H and O–H groups in total. The van der Waals surface area contributed by atoms with Gasteiger partial charge in [0.1, 0.15) is 0 Å². The van der Waals surface area contributed by atoms with Crippen LogP contribution < -0.4 is 5.32 Å². The van der Waals surface area contributed by atoms with Gasteiger partial charge in [0, 0.05) is 20.1 Å². The zero-order valence-electron chi connectivity index (χ0n) is 12.7. The molecule has 110 valence electrons. The zero-order chi connectivity index (χ0) is 13.7. The molecule has 1 aliphatic carbocycles. The van der Waals surface area contributed by atoms with Gasteiger partial charge in [-0.3, -0.25) is 4.79 Å². The van der Waals surface area contributed by atoms with Gasteiger partial charge in [0.25, 0.3) is 0 Å². The van der Waals surface area contributed by atoms with E-state index in [4.69, 9.17) is 0 Å². The predicted octanol–water partition coefficient (Wildman–Crippen LogP) is 2.80. The summed E-state index contributed by atoms with van der Waals surface area (Å²) < 4.78 is 0. The highest BCUT2D eigenvalue weighted by Crippen LogP contribution is 2.34. The Morgan fingerprint density at radius 3 is 2.63 bits per heavy atom. The molecule has 0 spiro atoms. The Morgan fingerprint density at radius 1 is 1.32 bits per heavy atom. The number of carbonyl (C=O) groups is 1. The van der Waals surface area contributed by atoms with E-state index >= 15 is 0 Å². The van der Waals surface area contributed by atoms with E-state index in [0.29, 0.717) is 5.91 Å². The van der Waals surface area contributed by atoms with Crippen LogP contribution in [0.25, 0.3) is 0 Å². The first-order valence-electron chi connectivity index (χ1n) is 8.14. The van der Waals surface area contributed by atoms with E-state index in [1.807, 2.05) is 11.9 Å². The van der Waals surface area contributed by atoms with Crippen LogP contribution in [0.2, 0.25) is 0 Å². The molecule has 3 heteroatoms. The van der Waals surface area contributed by atoms with Gasteiger partial charge in [-0.2, -0.15) is 0 Å². The van der Waals surface area contributed by atoms with Crippen molar-refractivity contribution in [1.29, 1.82) is 0 Å². The maximum Gasteiger partial charge on any atom is 0.229 e. The lowest BCUT2D eigenvalue weighted by atomic mass is 9.80. The smallest absolute Gasteiger partial charge is 0.229 e. The molecule has 0 aromatic heterocycles. The lowest BCUT2D eigenvalue weighted by Gasteiger charge is -2.34. The summed E-state index contributed by atoms with van der Waals surface area (Å²) >= 11 is 0. The monoisotopic (exact) mass is 266 g/mol. The maximum atomic E-state index is 12.8. The molecule has 1 unspecified atom stereocenters. The number of hydrogen-bond donors (Lipinski definition) is 1. The molecule has 0 radical (unpaired) electrons. The highest BCUT2D eigenvalue weighted by Gasteiger charge is 2.42. The van der Waals surface area contributed by atoms with Gasteiger partial charge in [-0.1, -0.05) is 32.6 Å². The Bertz CT molecular complexity index is 291. The van der Waals surface area contributed by atoms with Crippen molar-refractivity contribution in [2.24, 2.45) is 11.3 Å². The number of carbonyl (C=O) groups excluding carboxylic acids is 1. The summed E-state index contributed by atoms with van der Waals surface area (Å²) in [4.78, 5) is 14.9. The molecule has 19 heavy (non-hydrogen) atoms. The standard InChI is InChI=1S/C16H30N2O/c1-3-9-16(10-11-17-13-16)15(19)18(2)12-14-7-5-4-6-8-14/h14,17H,3-13H2,1-2H3. The van der Waals surface area contributed by atoms with Crippen molar-refractivity contribution in [3.63, 3.8) is 0 Å². The van der Waals surface area contributed by atoms with Gasteiger partial charge < -0.3 is 10.2 Å². The molecule has 2 fully saturated rings. The molecular weight excluding hydrogens is 236 g/mol. The van der Waals surface area contributed by atoms with Gasteiger partial charge in [-0.05, 0) is 38.1 Å². The van der Waals surface area contributed by atoms with Gasteiger partial charge in [0.15, 0.2) is 0 Å². The fourth-order valence-corrected chi connectivity index (χ4v) is 3.97. The molecule has 1 saturated heterocycles. The van der Waals surface area contributed by atoms with E-state index < -0.39 is 0 Å². The van der Waals surface area contributed by atoms with E-state index in [1.165, 1.54) is 32.1 Å². The van der Waals surface area contributed by atoms with E-state index in [1.54, 1.807) is 0 Å². The second-order valence-corrected chi connectivity index (χ2v) is 6.65. The Labute approximate surface area is 118 Å². The minimum atomic E-state index is -0.0990. The largest absolute Gasteiger partial charge is 0.345 e. The molecule has 3 nitrogen and oxygen atoms in total. The highest BCUT2D eigenvalue weighted by molar-refractivity contribution is 5.83. The zero-order valence-corrected chi connectivity index (χ0v) is 12.7. The van der Waals surface area contributed by atoms with Crippen LogP contribution in [0.3, 0.4) is 0 Å². The van der Waals surface area contributed by atoms with Gasteiger partial charge in [0.05, 0.1) is 5.41 Å². The Hall–Kier alpha value is -0.570. The summed E-state index contributed by atoms with van der Waals surface area (Å²) in [6.45, 7) is 5.05. The first-order chi connectivity index (χ1) is 9.18. The topological polar surface area (TPSA) is 32.3 Å². The van der Waals surface area contributed by atoms with Crippen LogP contribution in [0, 0.1) is 11.3 Å². The summed E-state index contributed by atoms with van der Waals surface area (Å²) in [6, 6.07) is 0. The summed E-state index contributed by atoms with van der Waals surface area (Å²) in [5.74, 6) is 1.14. The Balaban J connectivity index is 1.92. The average Bonchev–Trinajstić information content (AvgIpc) is 2.89. The first-order valence-corrected chi connectivity index (χ1v) is 8.14. The molecule has 1 heterocycles. The van der Waals surface area contributed by atoms with Crippen LogP contribution in [0.15, 0.2) is 0 Å². The van der Waals surface area contributed by atoms with Gasteiger partial charge in [-0.15, -0.1) is 0 Å². The summed E-state index contributed by atoms with van der Waals surface area (Å²) in [5, 5.41) is 3.39. The second-order valence-electron chi connectivity index (χ2n) is 6.65. The van der Waals surface area contributed by atoms with E-state index in [9.17, 15) is 4.79 Å². The molecular formula is C16H30N2O. The third-order valence-corrected chi connectivity index (χ3v) is 5.03. The molecule has 0 aromatic rings. The van der Waals surface area contributed by atoms with Crippen molar-refractivity contribution in [3.05, 3.63) is 0 Å². The minimum Gasteiger partial charge on any atom is -0.345 e. The van der Waals surface area contributed by atoms with Gasteiger partial charge in [0.2, 0.25) is 5.91 Å². The van der Waals surface area contributed by atoms with Crippen molar-refractivity contribution in [2.75, 3.05) is 26.7 Å². The predicted molar refractivity (Wildman–Crippen MR) is 79.0 cm³/mol. The third kappa shape index (κ3) is 3.50. The molecule has 0 aromatic carbocycles. The molecule has 1 aliphatic heterocycles. The van der Waals surface area contributed by atoms with Gasteiger partial charge >= 0.3 is 0 Å². The summed E-state index contributed by atoms with van der Waals surface area (Å²) in [6.07, 6.45) is 9.89. The lowest BCUT2D eigenvalue weighted by Crippen LogP contribution is -2.45. The van der Waals surface area contributed by atoms with Crippen LogP contribution >= 0.6 is 0 Å². The number of hydrogen-bond acceptors (Lipinski definition) is 2. The molecule has 1 atom stereocenters. The number of rotatable bonds is 5. The van der Waals surface area contributed by atoms with Crippen LogP contribution in [0.4, 0.5) is 0 Å². The number of amides is 1. The van der Waals surface area contributed by atoms with Crippen LogP contribution in [-0.2, 0) is 4.79 Å². The Morgan fingerprint density at radius 2 is 2.05 bits per heavy atom. The number of nitrogens with one attached hydrogen (secondary N) is 1. The lowest BCUT2D eigenvalue weighted by molar-refractivity contribution is -0.141. The van der Waals surface area contributed by atoms with Crippen LogP contribution in [0.5, 0.6) is 0 Å². The average molecular weight is 266 g/mol. The van der Waals surface area contributed by atoms with Crippen molar-refractivity contribution in [2.45, 2.75) is 58.3 Å². The molecule has 1 amide bonds. The summed E-state index contributed by atoms with van der Waals surface area (Å²) in [5.41, 5.74) is -0.0990. The second kappa shape index (κ2) is 6.74. The van der Waals surface area contributed by atoms with E-state index in [2.05, 4.69) is 12.2 Å². The fourth-order valence-electron chi connectivity index (χ4n) is 3.97. The molecule has 0 bridgehead atoms. The van der Waals surface area contributed by atoms with Crippen LogP contribution in [-0.4, -0.2) is 37.5 Å². The number of nitrogens with zero attached hydrogens (tertiary/aromatic N) is 1. The molecule has 1 saturated carbocycles. The van der Waals surface area contributed by atoms with Crippen molar-refractivity contribution >= 4 is 5.91 Å². The first kappa shape index (κ1) is 14.8. The fraction of sp³-hybridized carbons (Fsp3) is 0.938. The third-order valence-electron chi connectivity index (χ3n) is 5.03. The van der Waals surface area contributed by atoms with Crippen molar-refractivity contribution < 1.29 is 4.79 Å². The van der Waals surface area contributed by atoms with Crippen molar-refractivity contribution in [3.8, 4) is 0 Å². The normalized spacial score (nSPS) is 28.5. The van der Waals surface area contributed by atoms with Crippen LogP contribution in [0.1, 0.15) is 58.3 Å². The SMILES string of the molecule is CCCC1(C(=O)N(C)CC2CCCCC2)CCNC1. The van der Waals surface area contributed by atoms with Gasteiger partial charge in [-0.25, -0.2) is 0 Å². The van der Waals surface area contributed by atoms with Crippen molar-refractivity contribution in [1.82, 2.24) is 10.2 Å². The quantitative estimate of drug-likeness (QED) is 0.830. The highest BCUT2D eigenvalue weighted by atomic mass is 16.2.